The summed E-state index contributed by atoms with van der Waals surface area (Å²) in [6, 6.07) is 0.381. The van der Waals surface area contributed by atoms with Gasteiger partial charge in [0.25, 0.3) is 0 Å². The van der Waals surface area contributed by atoms with Crippen LogP contribution in [0.2, 0.25) is 0 Å². The van der Waals surface area contributed by atoms with E-state index in [-0.39, 0.29) is 5.92 Å². The number of nitrogens with two attached hydrogens (primary N) is 1. The van der Waals surface area contributed by atoms with Crippen molar-refractivity contribution in [1.29, 1.82) is 0 Å². The summed E-state index contributed by atoms with van der Waals surface area (Å²) in [5, 5.41) is 9.19. The van der Waals surface area contributed by atoms with E-state index in [1.54, 1.807) is 0 Å². The second-order valence-corrected chi connectivity index (χ2v) is 4.79. The Labute approximate surface area is 91.4 Å². The highest BCUT2D eigenvalue weighted by Gasteiger charge is 2.49. The van der Waals surface area contributed by atoms with Crippen molar-refractivity contribution < 1.29 is 9.90 Å². The van der Waals surface area contributed by atoms with Gasteiger partial charge in [0.2, 0.25) is 0 Å². The first-order valence-electron chi connectivity index (χ1n) is 5.64. The van der Waals surface area contributed by atoms with E-state index in [1.807, 2.05) is 11.9 Å². The number of carboxylic acid groups (broad SMARTS) is 1. The Morgan fingerprint density at radius 1 is 1.67 bits per heavy atom. The van der Waals surface area contributed by atoms with Gasteiger partial charge in [-0.25, -0.2) is 0 Å². The van der Waals surface area contributed by atoms with Crippen molar-refractivity contribution in [2.45, 2.75) is 44.7 Å². The largest absolute Gasteiger partial charge is 0.480 e. The second-order valence-electron chi connectivity index (χ2n) is 4.79. The minimum atomic E-state index is -1.04. The number of hydrogen-bond donors (Lipinski definition) is 2. The number of aliphatic carboxylic acids is 1. The summed E-state index contributed by atoms with van der Waals surface area (Å²) < 4.78 is 0. The van der Waals surface area contributed by atoms with Gasteiger partial charge in [-0.05, 0) is 39.2 Å². The molecule has 0 aromatic rings. The summed E-state index contributed by atoms with van der Waals surface area (Å²) in [5.74, 6) is -0.693. The van der Waals surface area contributed by atoms with E-state index < -0.39 is 11.5 Å². The van der Waals surface area contributed by atoms with Gasteiger partial charge < -0.3 is 15.7 Å². The first-order chi connectivity index (χ1) is 6.91. The molecule has 0 aromatic heterocycles. The first-order valence-corrected chi connectivity index (χ1v) is 5.64. The fourth-order valence-electron chi connectivity index (χ4n) is 1.85. The maximum atomic E-state index is 11.2. The molecule has 88 valence electrons. The fourth-order valence-corrected chi connectivity index (χ4v) is 1.85. The lowest BCUT2D eigenvalue weighted by Crippen LogP contribution is -2.58. The Bertz CT molecular complexity index is 241. The molecular formula is C11H22N2O2. The van der Waals surface area contributed by atoms with Crippen molar-refractivity contribution in [2.24, 2.45) is 11.7 Å². The lowest BCUT2D eigenvalue weighted by atomic mass is 9.93. The van der Waals surface area contributed by atoms with Gasteiger partial charge in [-0.2, -0.15) is 0 Å². The summed E-state index contributed by atoms with van der Waals surface area (Å²) in [4.78, 5) is 13.2. The molecule has 1 fully saturated rings. The number of hydrogen-bond acceptors (Lipinski definition) is 3. The maximum absolute atomic E-state index is 11.2. The number of nitrogens with zero attached hydrogens (tertiary/aromatic N) is 1. The van der Waals surface area contributed by atoms with Crippen molar-refractivity contribution in [2.75, 3.05) is 13.6 Å². The standard InChI is InChI=1S/C11H22N2O2/c1-4-8(2)13(3)7-11(12,10(14)15)9-5-6-9/h8-9H,4-7,12H2,1-3H3,(H,14,15). The average molecular weight is 214 g/mol. The molecule has 0 saturated heterocycles. The Kier molecular flexibility index (Phi) is 3.73. The molecular weight excluding hydrogens is 192 g/mol. The van der Waals surface area contributed by atoms with Gasteiger partial charge >= 0.3 is 5.97 Å². The monoisotopic (exact) mass is 214 g/mol. The van der Waals surface area contributed by atoms with E-state index in [2.05, 4.69) is 13.8 Å². The molecule has 0 spiro atoms. The van der Waals surface area contributed by atoms with Crippen LogP contribution < -0.4 is 5.73 Å². The number of carbonyl (C=O) groups is 1. The lowest BCUT2D eigenvalue weighted by molar-refractivity contribution is -0.145. The molecule has 1 saturated carbocycles. The van der Waals surface area contributed by atoms with Gasteiger partial charge in [0.1, 0.15) is 5.54 Å². The van der Waals surface area contributed by atoms with E-state index >= 15 is 0 Å². The first kappa shape index (κ1) is 12.5. The highest BCUT2D eigenvalue weighted by atomic mass is 16.4. The molecule has 2 unspecified atom stereocenters. The molecule has 4 nitrogen and oxygen atoms in total. The third-order valence-electron chi connectivity index (χ3n) is 3.56. The highest BCUT2D eigenvalue weighted by molar-refractivity contribution is 5.79. The normalized spacial score (nSPS) is 22.5. The third kappa shape index (κ3) is 2.69. The van der Waals surface area contributed by atoms with Crippen LogP contribution in [-0.4, -0.2) is 41.1 Å². The van der Waals surface area contributed by atoms with Crippen LogP contribution in [0.3, 0.4) is 0 Å². The number of carboxylic acids is 1. The van der Waals surface area contributed by atoms with Crippen molar-refractivity contribution in [3.05, 3.63) is 0 Å². The molecule has 1 aliphatic rings. The van der Waals surface area contributed by atoms with Crippen LogP contribution in [0.5, 0.6) is 0 Å². The van der Waals surface area contributed by atoms with Crippen LogP contribution in [0.15, 0.2) is 0 Å². The van der Waals surface area contributed by atoms with Gasteiger partial charge in [-0.3, -0.25) is 4.79 Å². The molecule has 3 N–H and O–H groups in total. The fraction of sp³-hybridized carbons (Fsp3) is 0.909. The van der Waals surface area contributed by atoms with Crippen LogP contribution >= 0.6 is 0 Å². The quantitative estimate of drug-likeness (QED) is 0.689. The van der Waals surface area contributed by atoms with Crippen LogP contribution in [0.25, 0.3) is 0 Å². The minimum Gasteiger partial charge on any atom is -0.480 e. The van der Waals surface area contributed by atoms with Crippen LogP contribution in [0, 0.1) is 5.92 Å². The molecule has 2 atom stereocenters. The molecule has 1 rings (SSSR count). The summed E-state index contributed by atoms with van der Waals surface area (Å²) >= 11 is 0. The number of rotatable bonds is 6. The second kappa shape index (κ2) is 4.49. The molecule has 0 aromatic carbocycles. The smallest absolute Gasteiger partial charge is 0.325 e. The van der Waals surface area contributed by atoms with Crippen LogP contribution in [-0.2, 0) is 4.79 Å². The molecule has 4 heteroatoms. The zero-order valence-electron chi connectivity index (χ0n) is 9.86. The molecule has 0 heterocycles. The number of likely N-dealkylation sites (N-methyl/N-ethyl adjacent to an activating group) is 1. The zero-order valence-corrected chi connectivity index (χ0v) is 9.86. The molecule has 0 aliphatic heterocycles. The van der Waals surface area contributed by atoms with Gasteiger partial charge in [0.05, 0.1) is 0 Å². The zero-order chi connectivity index (χ0) is 11.6. The highest BCUT2D eigenvalue weighted by Crippen LogP contribution is 2.39. The Morgan fingerprint density at radius 3 is 2.53 bits per heavy atom. The van der Waals surface area contributed by atoms with Gasteiger partial charge in [-0.1, -0.05) is 6.92 Å². The average Bonchev–Trinajstić information content (AvgIpc) is 2.99. The summed E-state index contributed by atoms with van der Waals surface area (Å²) in [7, 11) is 1.95. The Hall–Kier alpha value is -0.610. The minimum absolute atomic E-state index is 0.168. The molecule has 15 heavy (non-hydrogen) atoms. The van der Waals surface area contributed by atoms with Crippen molar-refractivity contribution in [3.63, 3.8) is 0 Å². The molecule has 0 amide bonds. The topological polar surface area (TPSA) is 66.6 Å². The summed E-state index contributed by atoms with van der Waals surface area (Å²) in [5.41, 5.74) is 4.95. The predicted octanol–water partition coefficient (Wildman–Crippen LogP) is 0.909. The molecule has 0 radical (unpaired) electrons. The van der Waals surface area contributed by atoms with E-state index in [0.717, 1.165) is 19.3 Å². The Balaban J connectivity index is 2.62. The van der Waals surface area contributed by atoms with Crippen molar-refractivity contribution in [3.8, 4) is 0 Å². The van der Waals surface area contributed by atoms with Gasteiger partial charge in [-0.15, -0.1) is 0 Å². The maximum Gasteiger partial charge on any atom is 0.325 e. The van der Waals surface area contributed by atoms with E-state index in [1.165, 1.54) is 0 Å². The van der Waals surface area contributed by atoms with E-state index in [9.17, 15) is 9.90 Å². The molecule has 0 bridgehead atoms. The lowest BCUT2D eigenvalue weighted by Gasteiger charge is -2.33. The van der Waals surface area contributed by atoms with Gasteiger partial charge in [0, 0.05) is 12.6 Å². The predicted molar refractivity (Wildman–Crippen MR) is 59.7 cm³/mol. The van der Waals surface area contributed by atoms with Gasteiger partial charge in [0.15, 0.2) is 0 Å². The van der Waals surface area contributed by atoms with Crippen molar-refractivity contribution in [1.82, 2.24) is 4.90 Å². The third-order valence-corrected chi connectivity index (χ3v) is 3.56. The SMILES string of the molecule is CCC(C)N(C)CC(N)(C(=O)O)C1CC1. The summed E-state index contributed by atoms with van der Waals surface area (Å²) in [6.45, 7) is 4.63. The van der Waals surface area contributed by atoms with E-state index in [4.69, 9.17) is 5.73 Å². The van der Waals surface area contributed by atoms with Crippen LogP contribution in [0.4, 0.5) is 0 Å². The van der Waals surface area contributed by atoms with Crippen LogP contribution in [0.1, 0.15) is 33.1 Å². The van der Waals surface area contributed by atoms with E-state index in [0.29, 0.717) is 12.6 Å². The molecule has 1 aliphatic carbocycles. The van der Waals surface area contributed by atoms with Crippen molar-refractivity contribution >= 4 is 5.97 Å². The summed E-state index contributed by atoms with van der Waals surface area (Å²) in [6.07, 6.45) is 2.92. The Morgan fingerprint density at radius 2 is 2.20 bits per heavy atom.